The summed E-state index contributed by atoms with van der Waals surface area (Å²) in [7, 11) is 1.72. The van der Waals surface area contributed by atoms with Crippen LogP contribution in [0.5, 0.6) is 5.75 Å². The summed E-state index contributed by atoms with van der Waals surface area (Å²) in [5.41, 5.74) is 0.553. The number of hydrogen-bond donors (Lipinski definition) is 2. The van der Waals surface area contributed by atoms with Crippen molar-refractivity contribution in [3.05, 3.63) is 23.8 Å². The van der Waals surface area contributed by atoms with E-state index in [1.54, 1.807) is 31.0 Å². The molecule has 0 saturated carbocycles. The Morgan fingerprint density at radius 1 is 1.33 bits per heavy atom. The van der Waals surface area contributed by atoms with Crippen LogP contribution >= 0.6 is 0 Å². The van der Waals surface area contributed by atoms with Gasteiger partial charge in [0, 0.05) is 7.05 Å². The van der Waals surface area contributed by atoms with Crippen LogP contribution in [0.3, 0.4) is 0 Å². The summed E-state index contributed by atoms with van der Waals surface area (Å²) in [5, 5.41) is 18.2. The van der Waals surface area contributed by atoms with Gasteiger partial charge in [0.05, 0.1) is 11.7 Å². The first-order chi connectivity index (χ1) is 8.43. The lowest BCUT2D eigenvalue weighted by Gasteiger charge is -2.38. The van der Waals surface area contributed by atoms with E-state index in [2.05, 4.69) is 0 Å². The van der Waals surface area contributed by atoms with Crippen molar-refractivity contribution >= 4 is 17.6 Å². The van der Waals surface area contributed by atoms with Gasteiger partial charge in [-0.2, -0.15) is 0 Å². The van der Waals surface area contributed by atoms with Crippen LogP contribution in [-0.4, -0.2) is 41.3 Å². The second-order valence-electron chi connectivity index (χ2n) is 4.19. The summed E-state index contributed by atoms with van der Waals surface area (Å²) in [4.78, 5) is 23.9. The Hall–Kier alpha value is -2.24. The molecule has 96 valence electrons. The van der Waals surface area contributed by atoms with Crippen LogP contribution in [0.4, 0.5) is 5.69 Å². The van der Waals surface area contributed by atoms with Gasteiger partial charge in [-0.1, -0.05) is 6.07 Å². The van der Waals surface area contributed by atoms with E-state index in [4.69, 9.17) is 14.9 Å². The Labute approximate surface area is 103 Å². The molecule has 2 unspecified atom stereocenters. The van der Waals surface area contributed by atoms with E-state index in [-0.39, 0.29) is 17.4 Å². The molecular weight excluding hydrogens is 238 g/mol. The van der Waals surface area contributed by atoms with Gasteiger partial charge < -0.3 is 19.8 Å². The third-order valence-electron chi connectivity index (χ3n) is 3.14. The molecule has 0 amide bonds. The van der Waals surface area contributed by atoms with Crippen LogP contribution < -0.4 is 9.64 Å². The predicted octanol–water partition coefficient (Wildman–Crippen LogP) is 1.06. The number of nitrogens with zero attached hydrogens (tertiary/aromatic N) is 1. The minimum Gasteiger partial charge on any atom is -0.478 e. The minimum atomic E-state index is -1.14. The number of fused-ring (bicyclic) bond motifs is 1. The first-order valence-electron chi connectivity index (χ1n) is 5.42. The Balaban J connectivity index is 2.55. The number of benzene rings is 1. The summed E-state index contributed by atoms with van der Waals surface area (Å²) in [6, 6.07) is 4.33. The maximum absolute atomic E-state index is 11.1. The molecule has 1 aromatic carbocycles. The van der Waals surface area contributed by atoms with Crippen LogP contribution in [0.2, 0.25) is 0 Å². The van der Waals surface area contributed by atoms with Crippen LogP contribution in [0.15, 0.2) is 18.2 Å². The number of carboxylic acids is 2. The molecule has 6 heteroatoms. The van der Waals surface area contributed by atoms with Gasteiger partial charge in [-0.3, -0.25) is 0 Å². The number of aliphatic carboxylic acids is 1. The molecule has 0 radical (unpaired) electrons. The van der Waals surface area contributed by atoms with Crippen LogP contribution in [0.1, 0.15) is 17.3 Å². The predicted molar refractivity (Wildman–Crippen MR) is 63.3 cm³/mol. The fraction of sp³-hybridized carbons (Fsp3) is 0.333. The molecule has 0 spiro atoms. The molecule has 0 aromatic heterocycles. The molecule has 0 bridgehead atoms. The van der Waals surface area contributed by atoms with Crippen molar-refractivity contribution in [3.8, 4) is 5.75 Å². The van der Waals surface area contributed by atoms with E-state index in [9.17, 15) is 9.59 Å². The van der Waals surface area contributed by atoms with Crippen molar-refractivity contribution < 1.29 is 24.5 Å². The lowest BCUT2D eigenvalue weighted by atomic mass is 10.0. The van der Waals surface area contributed by atoms with E-state index in [1.165, 1.54) is 6.07 Å². The number of rotatable bonds is 2. The van der Waals surface area contributed by atoms with Gasteiger partial charge in [0.1, 0.15) is 5.56 Å². The third kappa shape index (κ3) is 1.75. The highest BCUT2D eigenvalue weighted by atomic mass is 16.5. The standard InChI is InChI=1S/C12H13NO5/c1-6-9(12(16)17)18-10-7(11(14)15)4-3-5-8(10)13(6)2/h3-6,9H,1-2H3,(H,14,15)(H,16,17). The number of aromatic carboxylic acids is 1. The SMILES string of the molecule is CC1C(C(=O)O)Oc2c(C(=O)O)cccc2N1C. The van der Waals surface area contributed by atoms with E-state index in [0.29, 0.717) is 5.69 Å². The molecule has 0 saturated heterocycles. The average Bonchev–Trinajstić information content (AvgIpc) is 2.32. The molecule has 1 aliphatic rings. The zero-order valence-electron chi connectivity index (χ0n) is 9.95. The van der Waals surface area contributed by atoms with Gasteiger partial charge in [-0.25, -0.2) is 9.59 Å². The molecule has 2 rings (SSSR count). The maximum Gasteiger partial charge on any atom is 0.347 e. The third-order valence-corrected chi connectivity index (χ3v) is 3.14. The molecule has 1 aromatic rings. The van der Waals surface area contributed by atoms with Crippen molar-refractivity contribution in [2.24, 2.45) is 0 Å². The van der Waals surface area contributed by atoms with E-state index in [1.807, 2.05) is 0 Å². The number of likely N-dealkylation sites (N-methyl/N-ethyl adjacent to an activating group) is 1. The van der Waals surface area contributed by atoms with E-state index in [0.717, 1.165) is 0 Å². The Morgan fingerprint density at radius 3 is 2.56 bits per heavy atom. The van der Waals surface area contributed by atoms with Gasteiger partial charge >= 0.3 is 11.9 Å². The number of carboxylic acid groups (broad SMARTS) is 2. The lowest BCUT2D eigenvalue weighted by Crippen LogP contribution is -2.50. The highest BCUT2D eigenvalue weighted by molar-refractivity contribution is 5.94. The number of anilines is 1. The first kappa shape index (κ1) is 12.2. The summed E-state index contributed by atoms with van der Waals surface area (Å²) in [5.74, 6) is -2.14. The molecule has 1 aliphatic heterocycles. The smallest absolute Gasteiger partial charge is 0.347 e. The van der Waals surface area contributed by atoms with Crippen molar-refractivity contribution in [1.82, 2.24) is 0 Å². The highest BCUT2D eigenvalue weighted by Gasteiger charge is 2.37. The van der Waals surface area contributed by atoms with E-state index >= 15 is 0 Å². The molecule has 2 atom stereocenters. The highest BCUT2D eigenvalue weighted by Crippen LogP contribution is 2.38. The topological polar surface area (TPSA) is 87.1 Å². The van der Waals surface area contributed by atoms with Crippen molar-refractivity contribution in [2.75, 3.05) is 11.9 Å². The Morgan fingerprint density at radius 2 is 2.00 bits per heavy atom. The molecule has 0 fully saturated rings. The quantitative estimate of drug-likeness (QED) is 0.817. The fourth-order valence-electron chi connectivity index (χ4n) is 2.00. The second kappa shape index (κ2) is 4.21. The summed E-state index contributed by atoms with van der Waals surface area (Å²) in [6.45, 7) is 1.72. The molecule has 2 N–H and O–H groups in total. The summed E-state index contributed by atoms with van der Waals surface area (Å²) in [6.07, 6.45) is -1.08. The summed E-state index contributed by atoms with van der Waals surface area (Å²) < 4.78 is 5.35. The number of ether oxygens (including phenoxy) is 1. The van der Waals surface area contributed by atoms with Gasteiger partial charge in [-0.15, -0.1) is 0 Å². The largest absolute Gasteiger partial charge is 0.478 e. The average molecular weight is 251 g/mol. The second-order valence-corrected chi connectivity index (χ2v) is 4.19. The van der Waals surface area contributed by atoms with Gasteiger partial charge in [0.15, 0.2) is 5.75 Å². The molecular formula is C12H13NO5. The molecule has 6 nitrogen and oxygen atoms in total. The number of carbonyl (C=O) groups is 2. The molecule has 18 heavy (non-hydrogen) atoms. The number of para-hydroxylation sites is 1. The van der Waals surface area contributed by atoms with Gasteiger partial charge in [0.25, 0.3) is 0 Å². The fourth-order valence-corrected chi connectivity index (χ4v) is 2.00. The lowest BCUT2D eigenvalue weighted by molar-refractivity contribution is -0.146. The van der Waals surface area contributed by atoms with Crippen molar-refractivity contribution in [1.29, 1.82) is 0 Å². The minimum absolute atomic E-state index is 0.0301. The maximum atomic E-state index is 11.1. The van der Waals surface area contributed by atoms with Crippen molar-refractivity contribution in [3.63, 3.8) is 0 Å². The zero-order valence-corrected chi connectivity index (χ0v) is 9.95. The van der Waals surface area contributed by atoms with E-state index < -0.39 is 18.0 Å². The summed E-state index contributed by atoms with van der Waals surface area (Å²) >= 11 is 0. The Bertz CT molecular complexity index is 513. The van der Waals surface area contributed by atoms with Crippen LogP contribution in [0, 0.1) is 0 Å². The van der Waals surface area contributed by atoms with Gasteiger partial charge in [0.2, 0.25) is 6.10 Å². The normalized spacial score (nSPS) is 22.0. The molecule has 0 aliphatic carbocycles. The van der Waals surface area contributed by atoms with Crippen molar-refractivity contribution in [2.45, 2.75) is 19.1 Å². The van der Waals surface area contributed by atoms with Crippen LogP contribution in [0.25, 0.3) is 0 Å². The van der Waals surface area contributed by atoms with Crippen LogP contribution in [-0.2, 0) is 4.79 Å². The number of hydrogen-bond acceptors (Lipinski definition) is 4. The monoisotopic (exact) mass is 251 g/mol. The first-order valence-corrected chi connectivity index (χ1v) is 5.42. The molecule has 1 heterocycles. The Kier molecular flexibility index (Phi) is 2.86. The zero-order chi connectivity index (χ0) is 13.4. The van der Waals surface area contributed by atoms with Gasteiger partial charge in [-0.05, 0) is 19.1 Å².